The Hall–Kier alpha value is -4.19. The van der Waals surface area contributed by atoms with Crippen LogP contribution in [-0.4, -0.2) is 29.8 Å². The average Bonchev–Trinajstić information content (AvgIpc) is 3.17. The lowest BCUT2D eigenvalue weighted by Gasteiger charge is -2.15. The number of ether oxygens (including phenoxy) is 1. The molecule has 1 aromatic carbocycles. The van der Waals surface area contributed by atoms with Gasteiger partial charge in [0.1, 0.15) is 35.1 Å². The van der Waals surface area contributed by atoms with Crippen LogP contribution in [-0.2, 0) is 0 Å². The first-order chi connectivity index (χ1) is 13.5. The van der Waals surface area contributed by atoms with Gasteiger partial charge in [-0.1, -0.05) is 6.07 Å². The fourth-order valence-corrected chi connectivity index (χ4v) is 2.82. The number of nitrogens with zero attached hydrogens (tertiary/aromatic N) is 6. The lowest BCUT2D eigenvalue weighted by molar-refractivity contribution is 0.439. The average molecular weight is 373 g/mol. The van der Waals surface area contributed by atoms with Crippen molar-refractivity contribution < 1.29 is 9.84 Å². The molecule has 4 aromatic rings. The van der Waals surface area contributed by atoms with Crippen molar-refractivity contribution in [3.8, 4) is 29.3 Å². The van der Waals surface area contributed by atoms with Gasteiger partial charge in [-0.25, -0.2) is 14.6 Å². The van der Waals surface area contributed by atoms with Crippen molar-refractivity contribution in [2.24, 2.45) is 0 Å². The number of nitriles is 1. The molecule has 0 atom stereocenters. The number of fused-ring (bicyclic) bond motifs is 1. The SMILES string of the molecule is Cc1ccc(O)c(C)c1Oc1nc(-n2cc(C#N)cn2)cc2ncnc(N)c12. The Morgan fingerprint density at radius 3 is 2.82 bits per heavy atom. The molecule has 138 valence electrons. The zero-order chi connectivity index (χ0) is 19.8. The van der Waals surface area contributed by atoms with E-state index in [0.717, 1.165) is 5.56 Å². The number of hydrogen-bond acceptors (Lipinski definition) is 8. The first-order valence-electron chi connectivity index (χ1n) is 8.31. The van der Waals surface area contributed by atoms with Crippen LogP contribution in [0.3, 0.4) is 0 Å². The predicted molar refractivity (Wildman–Crippen MR) is 101 cm³/mol. The van der Waals surface area contributed by atoms with Crippen molar-refractivity contribution in [1.29, 1.82) is 5.26 Å². The summed E-state index contributed by atoms with van der Waals surface area (Å²) >= 11 is 0. The van der Waals surface area contributed by atoms with Gasteiger partial charge < -0.3 is 15.6 Å². The normalized spacial score (nSPS) is 10.8. The Balaban J connectivity index is 1.94. The molecule has 0 aliphatic rings. The Morgan fingerprint density at radius 1 is 1.25 bits per heavy atom. The zero-order valence-corrected chi connectivity index (χ0v) is 15.1. The Kier molecular flexibility index (Phi) is 4.01. The molecule has 0 radical (unpaired) electrons. The van der Waals surface area contributed by atoms with Crippen LogP contribution in [0.1, 0.15) is 16.7 Å². The Labute approximate surface area is 159 Å². The standard InChI is InChI=1S/C19H15N7O2/c1-10-3-4-14(27)11(2)17(10)28-19-16-13(22-9-23-18(16)21)5-15(25-19)26-8-12(6-20)7-24-26/h3-5,7-9,27H,1-2H3,(H2,21,22,23). The number of anilines is 1. The highest BCUT2D eigenvalue weighted by Gasteiger charge is 2.17. The number of aromatic nitrogens is 5. The van der Waals surface area contributed by atoms with Gasteiger partial charge in [-0.2, -0.15) is 15.3 Å². The number of phenols is 1. The second kappa shape index (κ2) is 6.51. The minimum atomic E-state index is 0.107. The van der Waals surface area contributed by atoms with Crippen LogP contribution in [0.2, 0.25) is 0 Å². The van der Waals surface area contributed by atoms with Crippen molar-refractivity contribution in [1.82, 2.24) is 24.7 Å². The van der Waals surface area contributed by atoms with E-state index in [0.29, 0.717) is 33.6 Å². The van der Waals surface area contributed by atoms with Gasteiger partial charge >= 0.3 is 0 Å². The van der Waals surface area contributed by atoms with Crippen LogP contribution < -0.4 is 10.5 Å². The molecule has 0 amide bonds. The summed E-state index contributed by atoms with van der Waals surface area (Å²) in [5, 5.41) is 23.7. The first kappa shape index (κ1) is 17.2. The summed E-state index contributed by atoms with van der Waals surface area (Å²) in [5.74, 6) is 1.37. The van der Waals surface area contributed by atoms with E-state index in [1.54, 1.807) is 31.3 Å². The molecule has 9 heteroatoms. The molecule has 0 fully saturated rings. The monoisotopic (exact) mass is 373 g/mol. The van der Waals surface area contributed by atoms with Crippen molar-refractivity contribution >= 4 is 16.7 Å². The number of nitrogen functional groups attached to an aromatic ring is 1. The van der Waals surface area contributed by atoms with Crippen LogP contribution in [0.15, 0.2) is 36.9 Å². The summed E-state index contributed by atoms with van der Waals surface area (Å²) in [5.41, 5.74) is 8.34. The van der Waals surface area contributed by atoms with Crippen molar-refractivity contribution in [3.63, 3.8) is 0 Å². The summed E-state index contributed by atoms with van der Waals surface area (Å²) in [6.45, 7) is 3.61. The number of hydrogen-bond donors (Lipinski definition) is 2. The number of benzene rings is 1. The quantitative estimate of drug-likeness (QED) is 0.559. The highest BCUT2D eigenvalue weighted by molar-refractivity contribution is 5.93. The number of pyridine rings is 1. The van der Waals surface area contributed by atoms with Crippen molar-refractivity contribution in [2.75, 3.05) is 5.73 Å². The van der Waals surface area contributed by atoms with Crippen LogP contribution in [0.25, 0.3) is 16.7 Å². The molecule has 0 unspecified atom stereocenters. The molecule has 3 N–H and O–H groups in total. The minimum absolute atomic E-state index is 0.107. The highest BCUT2D eigenvalue weighted by atomic mass is 16.5. The molecule has 0 saturated carbocycles. The Morgan fingerprint density at radius 2 is 2.07 bits per heavy atom. The molecular weight excluding hydrogens is 358 g/mol. The van der Waals surface area contributed by atoms with E-state index in [9.17, 15) is 5.11 Å². The molecule has 4 rings (SSSR count). The van der Waals surface area contributed by atoms with Crippen LogP contribution in [0, 0.1) is 25.2 Å². The summed E-state index contributed by atoms with van der Waals surface area (Å²) in [6.07, 6.45) is 4.33. The van der Waals surface area contributed by atoms with Gasteiger partial charge in [0.15, 0.2) is 5.82 Å². The molecule has 0 saturated heterocycles. The molecule has 0 aliphatic carbocycles. The van der Waals surface area contributed by atoms with E-state index in [-0.39, 0.29) is 17.4 Å². The lowest BCUT2D eigenvalue weighted by atomic mass is 10.1. The number of rotatable bonds is 3. The van der Waals surface area contributed by atoms with E-state index in [1.165, 1.54) is 17.2 Å². The number of phenolic OH excluding ortho intramolecular Hbond substituents is 1. The lowest BCUT2D eigenvalue weighted by Crippen LogP contribution is -2.04. The maximum atomic E-state index is 10.0. The van der Waals surface area contributed by atoms with Gasteiger partial charge in [-0.15, -0.1) is 0 Å². The smallest absolute Gasteiger partial charge is 0.234 e. The molecule has 0 aliphatic heterocycles. The van der Waals surface area contributed by atoms with Crippen molar-refractivity contribution in [2.45, 2.75) is 13.8 Å². The third-order valence-corrected chi connectivity index (χ3v) is 4.32. The zero-order valence-electron chi connectivity index (χ0n) is 15.1. The largest absolute Gasteiger partial charge is 0.508 e. The molecule has 3 heterocycles. The van der Waals surface area contributed by atoms with Crippen LogP contribution in [0.5, 0.6) is 17.4 Å². The fraction of sp³-hybridized carbons (Fsp3) is 0.105. The molecule has 9 nitrogen and oxygen atoms in total. The molecule has 0 bridgehead atoms. The van der Waals surface area contributed by atoms with Gasteiger partial charge in [0.2, 0.25) is 5.88 Å². The number of aryl methyl sites for hydroxylation is 1. The second-order valence-electron chi connectivity index (χ2n) is 6.18. The topological polar surface area (TPSA) is 136 Å². The van der Waals surface area contributed by atoms with Gasteiger partial charge in [0.25, 0.3) is 0 Å². The van der Waals surface area contributed by atoms with Crippen molar-refractivity contribution in [3.05, 3.63) is 53.6 Å². The van der Waals surface area contributed by atoms with Crippen LogP contribution >= 0.6 is 0 Å². The Bertz CT molecular complexity index is 1260. The minimum Gasteiger partial charge on any atom is -0.508 e. The molecular formula is C19H15N7O2. The molecule has 3 aromatic heterocycles. The number of aromatic hydroxyl groups is 1. The predicted octanol–water partition coefficient (Wildman–Crippen LogP) is 2.78. The second-order valence-corrected chi connectivity index (χ2v) is 6.18. The summed E-state index contributed by atoms with van der Waals surface area (Å²) in [7, 11) is 0. The maximum absolute atomic E-state index is 10.0. The van der Waals surface area contributed by atoms with E-state index in [1.807, 2.05) is 13.0 Å². The summed E-state index contributed by atoms with van der Waals surface area (Å²) < 4.78 is 7.52. The summed E-state index contributed by atoms with van der Waals surface area (Å²) in [4.78, 5) is 12.8. The molecule has 0 spiro atoms. The van der Waals surface area contributed by atoms with E-state index in [2.05, 4.69) is 20.1 Å². The van der Waals surface area contributed by atoms with Gasteiger partial charge in [-0.3, -0.25) is 0 Å². The number of nitrogens with two attached hydrogens (primary N) is 1. The maximum Gasteiger partial charge on any atom is 0.234 e. The third kappa shape index (κ3) is 2.83. The fourth-order valence-electron chi connectivity index (χ4n) is 2.82. The van der Waals surface area contributed by atoms with E-state index >= 15 is 0 Å². The molecule has 28 heavy (non-hydrogen) atoms. The first-order valence-corrected chi connectivity index (χ1v) is 8.31. The van der Waals surface area contributed by atoms with Crippen LogP contribution in [0.4, 0.5) is 5.82 Å². The van der Waals surface area contributed by atoms with Gasteiger partial charge in [0.05, 0.1) is 23.5 Å². The third-order valence-electron chi connectivity index (χ3n) is 4.32. The van der Waals surface area contributed by atoms with Gasteiger partial charge in [0, 0.05) is 11.6 Å². The van der Waals surface area contributed by atoms with E-state index in [4.69, 9.17) is 15.7 Å². The summed E-state index contributed by atoms with van der Waals surface area (Å²) in [6, 6.07) is 7.05. The van der Waals surface area contributed by atoms with E-state index < -0.39 is 0 Å². The highest BCUT2D eigenvalue weighted by Crippen LogP contribution is 2.37. The van der Waals surface area contributed by atoms with Gasteiger partial charge in [-0.05, 0) is 25.5 Å².